The SMILES string of the molecule is C1=C(c2nc(-c3ccccc3)no2)CNCC1. The van der Waals surface area contributed by atoms with E-state index in [2.05, 4.69) is 21.5 Å². The molecule has 86 valence electrons. The van der Waals surface area contributed by atoms with Crippen LogP contribution in [0.2, 0.25) is 0 Å². The van der Waals surface area contributed by atoms with E-state index in [9.17, 15) is 0 Å². The van der Waals surface area contributed by atoms with Crippen LogP contribution >= 0.6 is 0 Å². The first-order valence-electron chi connectivity index (χ1n) is 5.73. The van der Waals surface area contributed by atoms with Gasteiger partial charge in [-0.25, -0.2) is 0 Å². The highest BCUT2D eigenvalue weighted by Gasteiger charge is 2.13. The van der Waals surface area contributed by atoms with Gasteiger partial charge < -0.3 is 9.84 Å². The fourth-order valence-corrected chi connectivity index (χ4v) is 1.86. The topological polar surface area (TPSA) is 51.0 Å². The summed E-state index contributed by atoms with van der Waals surface area (Å²) in [5.74, 6) is 1.27. The zero-order chi connectivity index (χ0) is 11.5. The molecule has 0 aliphatic carbocycles. The minimum absolute atomic E-state index is 0.621. The lowest BCUT2D eigenvalue weighted by Gasteiger charge is -2.09. The van der Waals surface area contributed by atoms with Crippen molar-refractivity contribution in [3.8, 4) is 11.4 Å². The van der Waals surface area contributed by atoms with Gasteiger partial charge in [-0.1, -0.05) is 41.6 Å². The Morgan fingerprint density at radius 3 is 2.82 bits per heavy atom. The van der Waals surface area contributed by atoms with Gasteiger partial charge in [-0.05, 0) is 13.0 Å². The van der Waals surface area contributed by atoms with Crippen LogP contribution in [0.4, 0.5) is 0 Å². The molecule has 1 aliphatic rings. The molecular weight excluding hydrogens is 214 g/mol. The average Bonchev–Trinajstić information content (AvgIpc) is 2.90. The minimum Gasteiger partial charge on any atom is -0.334 e. The van der Waals surface area contributed by atoms with Crippen molar-refractivity contribution in [2.45, 2.75) is 6.42 Å². The van der Waals surface area contributed by atoms with E-state index < -0.39 is 0 Å². The Labute approximate surface area is 99.4 Å². The van der Waals surface area contributed by atoms with E-state index in [-0.39, 0.29) is 0 Å². The molecule has 17 heavy (non-hydrogen) atoms. The van der Waals surface area contributed by atoms with E-state index in [1.807, 2.05) is 30.3 Å². The molecule has 1 aromatic heterocycles. The quantitative estimate of drug-likeness (QED) is 0.853. The number of hydrogen-bond donors (Lipinski definition) is 1. The Morgan fingerprint density at radius 2 is 2.06 bits per heavy atom. The molecule has 1 N–H and O–H groups in total. The molecule has 0 bridgehead atoms. The Morgan fingerprint density at radius 1 is 1.18 bits per heavy atom. The summed E-state index contributed by atoms with van der Waals surface area (Å²) in [6, 6.07) is 9.85. The fraction of sp³-hybridized carbons (Fsp3) is 0.231. The molecule has 1 aliphatic heterocycles. The highest BCUT2D eigenvalue weighted by Crippen LogP contribution is 2.19. The number of nitrogens with one attached hydrogen (secondary N) is 1. The van der Waals surface area contributed by atoms with Crippen LogP contribution in [0.5, 0.6) is 0 Å². The van der Waals surface area contributed by atoms with Crippen molar-refractivity contribution >= 4 is 5.57 Å². The maximum Gasteiger partial charge on any atom is 0.255 e. The Hall–Kier alpha value is -1.94. The summed E-state index contributed by atoms with van der Waals surface area (Å²) in [5.41, 5.74) is 2.07. The summed E-state index contributed by atoms with van der Waals surface area (Å²) in [7, 11) is 0. The summed E-state index contributed by atoms with van der Waals surface area (Å²) < 4.78 is 5.29. The van der Waals surface area contributed by atoms with E-state index in [0.29, 0.717) is 11.7 Å². The van der Waals surface area contributed by atoms with Crippen molar-refractivity contribution in [1.82, 2.24) is 15.5 Å². The van der Waals surface area contributed by atoms with Gasteiger partial charge in [0, 0.05) is 17.7 Å². The fourth-order valence-electron chi connectivity index (χ4n) is 1.86. The zero-order valence-electron chi connectivity index (χ0n) is 9.39. The number of hydrogen-bond acceptors (Lipinski definition) is 4. The first-order chi connectivity index (χ1) is 8.43. The van der Waals surface area contributed by atoms with Crippen LogP contribution in [0.1, 0.15) is 12.3 Å². The monoisotopic (exact) mass is 227 g/mol. The highest BCUT2D eigenvalue weighted by atomic mass is 16.5. The van der Waals surface area contributed by atoms with E-state index >= 15 is 0 Å². The van der Waals surface area contributed by atoms with Crippen LogP contribution in [0.15, 0.2) is 40.9 Å². The van der Waals surface area contributed by atoms with Crippen molar-refractivity contribution in [2.24, 2.45) is 0 Å². The number of rotatable bonds is 2. The van der Waals surface area contributed by atoms with E-state index in [1.165, 1.54) is 0 Å². The standard InChI is InChI=1S/C13H13N3O/c1-2-5-10(6-3-1)12-15-13(17-16-12)11-7-4-8-14-9-11/h1-3,5-7,14H,4,8-9H2. The first kappa shape index (κ1) is 10.2. The lowest BCUT2D eigenvalue weighted by molar-refractivity contribution is 0.406. The summed E-state index contributed by atoms with van der Waals surface area (Å²) in [6.45, 7) is 1.82. The number of aromatic nitrogens is 2. The summed E-state index contributed by atoms with van der Waals surface area (Å²) in [6.07, 6.45) is 3.16. The van der Waals surface area contributed by atoms with E-state index in [0.717, 1.165) is 30.6 Å². The van der Waals surface area contributed by atoms with Gasteiger partial charge in [0.1, 0.15) is 0 Å². The lowest BCUT2D eigenvalue weighted by atomic mass is 10.1. The van der Waals surface area contributed by atoms with Gasteiger partial charge in [0.05, 0.1) is 0 Å². The second-order valence-electron chi connectivity index (χ2n) is 3.98. The molecule has 0 amide bonds. The van der Waals surface area contributed by atoms with Crippen molar-refractivity contribution in [3.63, 3.8) is 0 Å². The third-order valence-corrected chi connectivity index (χ3v) is 2.76. The first-order valence-corrected chi connectivity index (χ1v) is 5.73. The van der Waals surface area contributed by atoms with Crippen molar-refractivity contribution in [1.29, 1.82) is 0 Å². The molecule has 2 aromatic rings. The molecule has 3 rings (SSSR count). The second kappa shape index (κ2) is 4.51. The molecule has 0 radical (unpaired) electrons. The maximum atomic E-state index is 5.29. The molecule has 2 heterocycles. The normalized spacial score (nSPS) is 15.6. The molecule has 4 nitrogen and oxygen atoms in total. The zero-order valence-corrected chi connectivity index (χ0v) is 9.39. The van der Waals surface area contributed by atoms with E-state index in [4.69, 9.17) is 4.52 Å². The van der Waals surface area contributed by atoms with E-state index in [1.54, 1.807) is 0 Å². The molecule has 1 aromatic carbocycles. The Balaban J connectivity index is 1.90. The summed E-state index contributed by atoms with van der Waals surface area (Å²) >= 11 is 0. The van der Waals surface area contributed by atoms with Gasteiger partial charge >= 0.3 is 0 Å². The largest absolute Gasteiger partial charge is 0.334 e. The average molecular weight is 227 g/mol. The van der Waals surface area contributed by atoms with Crippen LogP contribution < -0.4 is 5.32 Å². The number of nitrogens with zero attached hydrogens (tertiary/aromatic N) is 2. The third kappa shape index (κ3) is 2.12. The second-order valence-corrected chi connectivity index (χ2v) is 3.98. The van der Waals surface area contributed by atoms with Gasteiger partial charge in [-0.2, -0.15) is 4.98 Å². The molecule has 0 fully saturated rings. The highest BCUT2D eigenvalue weighted by molar-refractivity contribution is 5.63. The van der Waals surface area contributed by atoms with Crippen LogP contribution in [-0.2, 0) is 0 Å². The molecular formula is C13H13N3O. The molecule has 0 unspecified atom stereocenters. The van der Waals surface area contributed by atoms with Crippen molar-refractivity contribution in [3.05, 3.63) is 42.3 Å². The lowest BCUT2D eigenvalue weighted by Crippen LogP contribution is -2.21. The van der Waals surface area contributed by atoms with Crippen molar-refractivity contribution < 1.29 is 4.52 Å². The predicted molar refractivity (Wildman–Crippen MR) is 65.2 cm³/mol. The van der Waals surface area contributed by atoms with Crippen LogP contribution in [-0.4, -0.2) is 23.2 Å². The van der Waals surface area contributed by atoms with Crippen molar-refractivity contribution in [2.75, 3.05) is 13.1 Å². The third-order valence-electron chi connectivity index (χ3n) is 2.76. The van der Waals surface area contributed by atoms with Gasteiger partial charge in [0.2, 0.25) is 5.82 Å². The Bertz CT molecular complexity index is 531. The van der Waals surface area contributed by atoms with Crippen LogP contribution in [0, 0.1) is 0 Å². The number of benzene rings is 1. The van der Waals surface area contributed by atoms with Gasteiger partial charge in [-0.3, -0.25) is 0 Å². The summed E-state index contributed by atoms with van der Waals surface area (Å²) in [5, 5.41) is 7.29. The van der Waals surface area contributed by atoms with Gasteiger partial charge in [0.15, 0.2) is 0 Å². The molecule has 0 saturated carbocycles. The molecule has 0 atom stereocenters. The summed E-state index contributed by atoms with van der Waals surface area (Å²) in [4.78, 5) is 4.42. The van der Waals surface area contributed by atoms with Gasteiger partial charge in [-0.15, -0.1) is 0 Å². The Kier molecular flexibility index (Phi) is 2.71. The molecule has 0 saturated heterocycles. The smallest absolute Gasteiger partial charge is 0.255 e. The maximum absolute atomic E-state index is 5.29. The minimum atomic E-state index is 0.621. The molecule has 4 heteroatoms. The molecule has 0 spiro atoms. The predicted octanol–water partition coefficient (Wildman–Crippen LogP) is 2.11. The van der Waals surface area contributed by atoms with Gasteiger partial charge in [0.25, 0.3) is 5.89 Å². The van der Waals surface area contributed by atoms with Crippen LogP contribution in [0.3, 0.4) is 0 Å². The van der Waals surface area contributed by atoms with Crippen LogP contribution in [0.25, 0.3) is 17.0 Å².